The Labute approximate surface area is 211 Å². The summed E-state index contributed by atoms with van der Waals surface area (Å²) >= 11 is 0. The monoisotopic (exact) mass is 494 g/mol. The second-order valence-electron chi connectivity index (χ2n) is 9.18. The van der Waals surface area contributed by atoms with Crippen molar-refractivity contribution in [2.45, 2.75) is 57.7 Å². The minimum atomic E-state index is -0.336. The molecule has 0 saturated heterocycles. The molecule has 0 bridgehead atoms. The molecular weight excluding hydrogens is 460 g/mol. The number of nitrogens with zero attached hydrogens (tertiary/aromatic N) is 3. The van der Waals surface area contributed by atoms with Crippen LogP contribution in [0.5, 0.6) is 5.75 Å². The quantitative estimate of drug-likeness (QED) is 0.455. The van der Waals surface area contributed by atoms with E-state index >= 15 is 0 Å². The zero-order valence-corrected chi connectivity index (χ0v) is 20.9. The summed E-state index contributed by atoms with van der Waals surface area (Å²) in [6, 6.07) is 5.98. The number of amides is 2. The average Bonchev–Trinajstić information content (AvgIpc) is 3.39. The van der Waals surface area contributed by atoms with Crippen LogP contribution in [0.15, 0.2) is 45.1 Å². The van der Waals surface area contributed by atoms with Crippen molar-refractivity contribution in [3.05, 3.63) is 35.5 Å². The van der Waals surface area contributed by atoms with Gasteiger partial charge in [0.05, 0.1) is 11.4 Å². The highest BCUT2D eigenvalue weighted by molar-refractivity contribution is 6.44. The molecule has 36 heavy (non-hydrogen) atoms. The molecule has 1 aliphatic carbocycles. The highest BCUT2D eigenvalue weighted by atomic mass is 16.6. The summed E-state index contributed by atoms with van der Waals surface area (Å²) in [5, 5.41) is 13.3. The van der Waals surface area contributed by atoms with E-state index in [4.69, 9.17) is 9.57 Å². The number of rotatable bonds is 9. The van der Waals surface area contributed by atoms with Crippen molar-refractivity contribution in [3.8, 4) is 5.75 Å². The van der Waals surface area contributed by atoms with Crippen LogP contribution < -0.4 is 20.7 Å². The fourth-order valence-corrected chi connectivity index (χ4v) is 4.80. The molecule has 1 saturated carbocycles. The highest BCUT2D eigenvalue weighted by Gasteiger charge is 2.33. The predicted octanol–water partition coefficient (Wildman–Crippen LogP) is 2.60. The molecule has 4 rings (SSSR count). The molecule has 10 nitrogen and oxygen atoms in total. The van der Waals surface area contributed by atoms with Gasteiger partial charge < -0.3 is 25.5 Å². The maximum Gasteiger partial charge on any atom is 0.269 e. The fraction of sp³-hybridized carbons (Fsp3) is 0.500. The van der Waals surface area contributed by atoms with Gasteiger partial charge in [0.2, 0.25) is 0 Å². The number of carbonyl (C=O) groups excluding carboxylic acids is 2. The molecule has 3 N–H and O–H groups in total. The van der Waals surface area contributed by atoms with Gasteiger partial charge in [0.25, 0.3) is 11.8 Å². The second kappa shape index (κ2) is 11.9. The molecule has 2 heterocycles. The van der Waals surface area contributed by atoms with E-state index in [-0.39, 0.29) is 36.8 Å². The van der Waals surface area contributed by atoms with Gasteiger partial charge >= 0.3 is 0 Å². The number of fused-ring (bicyclic) bond motifs is 1. The number of anilines is 1. The lowest BCUT2D eigenvalue weighted by molar-refractivity contribution is -0.118. The van der Waals surface area contributed by atoms with Gasteiger partial charge in [-0.2, -0.15) is 0 Å². The van der Waals surface area contributed by atoms with Crippen LogP contribution in [0.25, 0.3) is 0 Å². The first-order valence-electron chi connectivity index (χ1n) is 12.5. The van der Waals surface area contributed by atoms with Crippen molar-refractivity contribution in [2.75, 3.05) is 25.5 Å². The zero-order chi connectivity index (χ0) is 25.5. The molecule has 1 unspecified atom stereocenters. The van der Waals surface area contributed by atoms with Gasteiger partial charge in [-0.05, 0) is 76.1 Å². The summed E-state index contributed by atoms with van der Waals surface area (Å²) in [5.41, 5.74) is 2.84. The molecule has 10 heteroatoms. The smallest absolute Gasteiger partial charge is 0.269 e. The van der Waals surface area contributed by atoms with Crippen molar-refractivity contribution < 1.29 is 19.2 Å². The maximum absolute atomic E-state index is 13.0. The number of allylic oxidation sites excluding steroid dienone is 1. The standard InChI is InChI=1S/C26H34N6O4/c1-4-29-22(26(34)30-14-16-5-10-23-21(11-16)31-25(33)15-35-23)12-19(28-3)20-13-24(36-32-20)17-6-8-18(27-2)9-7-17/h5,10-12,17-18,24,27H,3-4,6-9,13-15H2,1-2H3,(H,30,34)(H,31,33)/b19-12-,29-22?. The minimum absolute atomic E-state index is 0.000465. The fourth-order valence-electron chi connectivity index (χ4n) is 4.80. The second-order valence-corrected chi connectivity index (χ2v) is 9.18. The highest BCUT2D eigenvalue weighted by Crippen LogP contribution is 2.33. The van der Waals surface area contributed by atoms with E-state index in [1.807, 2.05) is 20.0 Å². The largest absolute Gasteiger partial charge is 0.482 e. The average molecular weight is 495 g/mol. The predicted molar refractivity (Wildman–Crippen MR) is 140 cm³/mol. The number of nitrogens with one attached hydrogen (secondary N) is 3. The third-order valence-corrected chi connectivity index (χ3v) is 6.83. The molecule has 0 radical (unpaired) electrons. The van der Waals surface area contributed by atoms with E-state index in [0.29, 0.717) is 47.8 Å². The van der Waals surface area contributed by atoms with Crippen LogP contribution in [0.3, 0.4) is 0 Å². The van der Waals surface area contributed by atoms with Gasteiger partial charge in [0.15, 0.2) is 6.61 Å². The summed E-state index contributed by atoms with van der Waals surface area (Å²) in [6.45, 7) is 6.24. The number of aliphatic imine (C=N–C) groups is 2. The molecule has 1 aromatic rings. The van der Waals surface area contributed by atoms with Gasteiger partial charge in [0, 0.05) is 25.6 Å². The number of hydrogen-bond donors (Lipinski definition) is 3. The first-order chi connectivity index (χ1) is 17.5. The van der Waals surface area contributed by atoms with E-state index in [0.717, 1.165) is 31.2 Å². The van der Waals surface area contributed by atoms with E-state index in [9.17, 15) is 9.59 Å². The van der Waals surface area contributed by atoms with Gasteiger partial charge in [-0.1, -0.05) is 11.2 Å². The Bertz CT molecular complexity index is 1090. The van der Waals surface area contributed by atoms with E-state index in [1.165, 1.54) is 0 Å². The molecule has 192 valence electrons. The molecule has 1 atom stereocenters. The van der Waals surface area contributed by atoms with Crippen molar-refractivity contribution in [3.63, 3.8) is 0 Å². The number of benzene rings is 1. The van der Waals surface area contributed by atoms with Crippen molar-refractivity contribution in [2.24, 2.45) is 21.1 Å². The molecule has 1 aromatic carbocycles. The molecular formula is C26H34N6O4. The first-order valence-corrected chi connectivity index (χ1v) is 12.5. The normalized spacial score (nSPS) is 24.1. The topological polar surface area (TPSA) is 126 Å². The van der Waals surface area contributed by atoms with Gasteiger partial charge in [-0.3, -0.25) is 19.6 Å². The maximum atomic E-state index is 13.0. The number of oxime groups is 1. The van der Waals surface area contributed by atoms with Crippen LogP contribution in [0.2, 0.25) is 0 Å². The van der Waals surface area contributed by atoms with Crippen LogP contribution in [0.4, 0.5) is 5.69 Å². The SMILES string of the molecule is C=N/C(=C\C(=NCC)C(=O)NCc1ccc2c(c1)NC(=O)CO2)C1=NOC(C2CCC(NC)CC2)C1. The van der Waals surface area contributed by atoms with Crippen LogP contribution in [-0.4, -0.2) is 62.3 Å². The Hall–Kier alpha value is -3.53. The number of hydrogen-bond acceptors (Lipinski definition) is 8. The lowest BCUT2D eigenvalue weighted by Crippen LogP contribution is -2.34. The molecule has 1 fully saturated rings. The Morgan fingerprint density at radius 3 is 2.83 bits per heavy atom. The number of carbonyl (C=O) groups is 2. The number of ether oxygens (including phenoxy) is 1. The molecule has 0 spiro atoms. The van der Waals surface area contributed by atoms with Crippen LogP contribution in [0, 0.1) is 5.92 Å². The third kappa shape index (κ3) is 6.17. The summed E-state index contributed by atoms with van der Waals surface area (Å²) in [4.78, 5) is 38.8. The Balaban J connectivity index is 1.38. The minimum Gasteiger partial charge on any atom is -0.482 e. The Kier molecular flexibility index (Phi) is 8.48. The van der Waals surface area contributed by atoms with Gasteiger partial charge in [-0.25, -0.2) is 0 Å². The van der Waals surface area contributed by atoms with Crippen LogP contribution >= 0.6 is 0 Å². The lowest BCUT2D eigenvalue weighted by atomic mass is 9.81. The summed E-state index contributed by atoms with van der Waals surface area (Å²) in [5.74, 6) is 0.524. The van der Waals surface area contributed by atoms with E-state index in [1.54, 1.807) is 18.2 Å². The van der Waals surface area contributed by atoms with Gasteiger partial charge in [0.1, 0.15) is 23.3 Å². The Morgan fingerprint density at radius 1 is 1.31 bits per heavy atom. The third-order valence-electron chi connectivity index (χ3n) is 6.83. The van der Waals surface area contributed by atoms with Crippen molar-refractivity contribution in [1.29, 1.82) is 0 Å². The first kappa shape index (κ1) is 25.6. The van der Waals surface area contributed by atoms with Gasteiger partial charge in [-0.15, -0.1) is 0 Å². The van der Waals surface area contributed by atoms with Crippen LogP contribution in [0.1, 0.15) is 44.6 Å². The lowest BCUT2D eigenvalue weighted by Gasteiger charge is -2.30. The molecule has 2 amide bonds. The van der Waals surface area contributed by atoms with Crippen molar-refractivity contribution in [1.82, 2.24) is 10.6 Å². The summed E-state index contributed by atoms with van der Waals surface area (Å²) < 4.78 is 5.38. The molecule has 0 aromatic heterocycles. The molecule has 2 aliphatic heterocycles. The van der Waals surface area contributed by atoms with E-state index < -0.39 is 0 Å². The van der Waals surface area contributed by atoms with E-state index in [2.05, 4.69) is 37.8 Å². The summed E-state index contributed by atoms with van der Waals surface area (Å²) in [7, 11) is 2.01. The summed E-state index contributed by atoms with van der Waals surface area (Å²) in [6.07, 6.45) is 6.76. The zero-order valence-electron chi connectivity index (χ0n) is 20.9. The van der Waals surface area contributed by atoms with Crippen LogP contribution in [-0.2, 0) is 21.0 Å². The Morgan fingerprint density at radius 2 is 2.11 bits per heavy atom. The molecule has 3 aliphatic rings. The van der Waals surface area contributed by atoms with Crippen molar-refractivity contribution >= 4 is 35.6 Å².